The molecule has 140 valence electrons. The summed E-state index contributed by atoms with van der Waals surface area (Å²) in [6, 6.07) is 9.43. The van der Waals surface area contributed by atoms with Crippen LogP contribution in [0.15, 0.2) is 36.4 Å². The molecule has 28 heavy (non-hydrogen) atoms. The Morgan fingerprint density at radius 1 is 0.607 bits per heavy atom. The van der Waals surface area contributed by atoms with Gasteiger partial charge in [0, 0.05) is 33.0 Å². The van der Waals surface area contributed by atoms with Crippen molar-refractivity contribution in [2.75, 3.05) is 0 Å². The zero-order valence-corrected chi connectivity index (χ0v) is 15.7. The number of carbonyl (C=O) groups is 4. The number of halogens is 2. The van der Waals surface area contributed by atoms with Gasteiger partial charge in [0.1, 0.15) is 0 Å². The maximum atomic E-state index is 12.9. The van der Waals surface area contributed by atoms with Crippen LogP contribution in [0, 0.1) is 11.8 Å². The van der Waals surface area contributed by atoms with Gasteiger partial charge in [-0.1, -0.05) is 23.2 Å². The summed E-state index contributed by atoms with van der Waals surface area (Å²) in [5.74, 6) is -4.52. The first-order valence-electron chi connectivity index (χ1n) is 8.66. The van der Waals surface area contributed by atoms with Crippen LogP contribution in [0.3, 0.4) is 0 Å². The molecule has 0 aromatic heterocycles. The molecular formula is C20H12Cl2N2O4. The van der Waals surface area contributed by atoms with Crippen molar-refractivity contribution in [3.63, 3.8) is 0 Å². The Bertz CT molecular complexity index is 1020. The molecule has 2 aliphatic heterocycles. The third-order valence-corrected chi connectivity index (χ3v) is 6.33. The number of benzene rings is 2. The second-order valence-electron chi connectivity index (χ2n) is 7.20. The molecule has 2 N–H and O–H groups in total. The summed E-state index contributed by atoms with van der Waals surface area (Å²) in [6.07, 6.45) is 0. The Hall–Kier alpha value is -2.70. The summed E-state index contributed by atoms with van der Waals surface area (Å²) < 4.78 is 0. The van der Waals surface area contributed by atoms with E-state index in [0.29, 0.717) is 32.3 Å². The van der Waals surface area contributed by atoms with Gasteiger partial charge in [-0.25, -0.2) is 0 Å². The molecule has 1 saturated carbocycles. The Morgan fingerprint density at radius 2 is 1.00 bits per heavy atom. The summed E-state index contributed by atoms with van der Waals surface area (Å²) in [6.45, 7) is 0. The van der Waals surface area contributed by atoms with Crippen molar-refractivity contribution in [2.24, 2.45) is 11.8 Å². The molecule has 6 nitrogen and oxygen atoms in total. The molecule has 0 bridgehead atoms. The van der Waals surface area contributed by atoms with Crippen molar-refractivity contribution in [3.05, 3.63) is 68.7 Å². The molecule has 4 amide bonds. The molecule has 0 atom stereocenters. The maximum Gasteiger partial charge on any atom is 0.258 e. The highest BCUT2D eigenvalue weighted by atomic mass is 35.5. The number of hydrogen-bond acceptors (Lipinski definition) is 4. The smallest absolute Gasteiger partial charge is 0.258 e. The minimum absolute atomic E-state index is 0.304. The Balaban J connectivity index is 1.74. The standard InChI is InChI=1S/C20H12Cl2N2O4/c21-7-1-3-9-11(5-7)13-15(19(27)23-17(9)25)14-12-6-8(22)2-4-10(12)18(26)24-20(28)16(13)14/h1-6,13-16H,(H,23,25,27)(H,24,26,28). The SMILES string of the molecule is O=C1NC(=O)C2C(c3cc(Cl)ccc31)C1C(=O)NC(=O)c3ccc(Cl)cc3C21. The Labute approximate surface area is 169 Å². The lowest BCUT2D eigenvalue weighted by atomic mass is 9.52. The van der Waals surface area contributed by atoms with E-state index in [1.165, 1.54) is 0 Å². The van der Waals surface area contributed by atoms with E-state index in [0.717, 1.165) is 0 Å². The molecule has 0 saturated heterocycles. The van der Waals surface area contributed by atoms with Gasteiger partial charge in [0.15, 0.2) is 0 Å². The predicted molar refractivity (Wildman–Crippen MR) is 100 cm³/mol. The van der Waals surface area contributed by atoms with E-state index < -0.39 is 47.3 Å². The topological polar surface area (TPSA) is 92.3 Å². The van der Waals surface area contributed by atoms with Crippen LogP contribution in [0.5, 0.6) is 0 Å². The molecule has 0 radical (unpaired) electrons. The molecule has 0 spiro atoms. The summed E-state index contributed by atoms with van der Waals surface area (Å²) in [5, 5.41) is 5.61. The van der Waals surface area contributed by atoms with Crippen LogP contribution in [0.1, 0.15) is 43.7 Å². The molecule has 3 aliphatic rings. The van der Waals surface area contributed by atoms with Crippen molar-refractivity contribution < 1.29 is 19.2 Å². The number of carbonyl (C=O) groups excluding carboxylic acids is 4. The quantitative estimate of drug-likeness (QED) is 0.648. The summed E-state index contributed by atoms with van der Waals surface area (Å²) >= 11 is 12.3. The summed E-state index contributed by atoms with van der Waals surface area (Å²) in [4.78, 5) is 50.8. The first-order valence-corrected chi connectivity index (χ1v) is 9.41. The highest BCUT2D eigenvalue weighted by Crippen LogP contribution is 2.60. The second-order valence-corrected chi connectivity index (χ2v) is 8.08. The molecule has 5 rings (SSSR count). The Kier molecular flexibility index (Phi) is 3.66. The van der Waals surface area contributed by atoms with Gasteiger partial charge < -0.3 is 0 Å². The number of fused-ring (bicyclic) bond motifs is 8. The normalized spacial score (nSPS) is 27.8. The fourth-order valence-electron chi connectivity index (χ4n) is 4.73. The zero-order chi connectivity index (χ0) is 19.7. The lowest BCUT2D eigenvalue weighted by molar-refractivity contribution is -0.138. The van der Waals surface area contributed by atoms with Gasteiger partial charge in [0.25, 0.3) is 11.8 Å². The first kappa shape index (κ1) is 17.4. The lowest BCUT2D eigenvalue weighted by Gasteiger charge is -2.49. The van der Waals surface area contributed by atoms with E-state index in [2.05, 4.69) is 10.6 Å². The highest BCUT2D eigenvalue weighted by molar-refractivity contribution is 6.31. The van der Waals surface area contributed by atoms with Gasteiger partial charge >= 0.3 is 0 Å². The van der Waals surface area contributed by atoms with Gasteiger partial charge in [0.05, 0.1) is 11.8 Å². The van der Waals surface area contributed by atoms with Crippen LogP contribution in [0.2, 0.25) is 10.0 Å². The van der Waals surface area contributed by atoms with Crippen LogP contribution in [0.25, 0.3) is 0 Å². The van der Waals surface area contributed by atoms with Crippen molar-refractivity contribution in [1.29, 1.82) is 0 Å². The maximum absolute atomic E-state index is 12.9. The van der Waals surface area contributed by atoms with Crippen LogP contribution < -0.4 is 10.6 Å². The van der Waals surface area contributed by atoms with Crippen molar-refractivity contribution in [3.8, 4) is 0 Å². The minimum Gasteiger partial charge on any atom is -0.292 e. The average Bonchev–Trinajstić information content (AvgIpc) is 2.73. The van der Waals surface area contributed by atoms with Crippen LogP contribution >= 0.6 is 23.2 Å². The second kappa shape index (κ2) is 5.90. The minimum atomic E-state index is -0.692. The van der Waals surface area contributed by atoms with E-state index in [1.807, 2.05) is 0 Å². The van der Waals surface area contributed by atoms with Crippen LogP contribution in [-0.4, -0.2) is 23.6 Å². The van der Waals surface area contributed by atoms with Gasteiger partial charge in [-0.3, -0.25) is 29.8 Å². The van der Waals surface area contributed by atoms with Crippen molar-refractivity contribution in [2.45, 2.75) is 11.8 Å². The summed E-state index contributed by atoms with van der Waals surface area (Å²) in [5.41, 5.74) is 1.68. The van der Waals surface area contributed by atoms with E-state index >= 15 is 0 Å². The molecule has 0 unspecified atom stereocenters. The number of rotatable bonds is 0. The Morgan fingerprint density at radius 3 is 1.39 bits per heavy atom. The molecule has 1 aliphatic carbocycles. The number of amides is 4. The zero-order valence-electron chi connectivity index (χ0n) is 14.2. The average molecular weight is 415 g/mol. The van der Waals surface area contributed by atoms with Crippen molar-refractivity contribution >= 4 is 46.8 Å². The molecular weight excluding hydrogens is 403 g/mol. The molecule has 1 fully saturated rings. The first-order chi connectivity index (χ1) is 13.4. The van der Waals surface area contributed by atoms with Gasteiger partial charge in [0.2, 0.25) is 11.8 Å². The van der Waals surface area contributed by atoms with E-state index in [9.17, 15) is 19.2 Å². The fraction of sp³-hybridized carbons (Fsp3) is 0.200. The molecule has 8 heteroatoms. The van der Waals surface area contributed by atoms with Crippen molar-refractivity contribution in [1.82, 2.24) is 10.6 Å². The molecule has 2 aromatic rings. The van der Waals surface area contributed by atoms with E-state index in [-0.39, 0.29) is 0 Å². The largest absolute Gasteiger partial charge is 0.292 e. The number of hydrogen-bond donors (Lipinski definition) is 2. The summed E-state index contributed by atoms with van der Waals surface area (Å²) in [7, 11) is 0. The third-order valence-electron chi connectivity index (χ3n) is 5.86. The van der Waals surface area contributed by atoms with Gasteiger partial charge in [-0.15, -0.1) is 0 Å². The van der Waals surface area contributed by atoms with Crippen LogP contribution in [0.4, 0.5) is 0 Å². The monoisotopic (exact) mass is 414 g/mol. The predicted octanol–water partition coefficient (Wildman–Crippen LogP) is 2.65. The van der Waals surface area contributed by atoms with Gasteiger partial charge in [-0.05, 0) is 47.5 Å². The fourth-order valence-corrected chi connectivity index (χ4v) is 5.09. The number of nitrogens with one attached hydrogen (secondary N) is 2. The lowest BCUT2D eigenvalue weighted by Crippen LogP contribution is -2.54. The van der Waals surface area contributed by atoms with Crippen LogP contribution in [-0.2, 0) is 9.59 Å². The highest BCUT2D eigenvalue weighted by Gasteiger charge is 2.61. The van der Waals surface area contributed by atoms with E-state index in [1.54, 1.807) is 36.4 Å². The molecule has 2 aromatic carbocycles. The van der Waals surface area contributed by atoms with Gasteiger partial charge in [-0.2, -0.15) is 0 Å². The third kappa shape index (κ3) is 2.28. The number of imide groups is 2. The molecule has 2 heterocycles. The van der Waals surface area contributed by atoms with E-state index in [4.69, 9.17) is 23.2 Å².